The molecule has 4 nitrogen and oxygen atoms in total. The summed E-state index contributed by atoms with van der Waals surface area (Å²) >= 11 is 0. The molecule has 0 bridgehead atoms. The zero-order chi connectivity index (χ0) is 17.7. The van der Waals surface area contributed by atoms with Gasteiger partial charge in [0.15, 0.2) is 5.78 Å². The molecule has 24 heavy (non-hydrogen) atoms. The number of rotatable bonds is 4. The summed E-state index contributed by atoms with van der Waals surface area (Å²) in [6.07, 6.45) is -0.430. The topological polar surface area (TPSA) is 55.4 Å². The Hall–Kier alpha value is -2.62. The zero-order valence-electron chi connectivity index (χ0n) is 14.6. The number of Topliss-reactive ketones (excluding diaryl/α,β-unsaturated/α-hetero) is 1. The molecule has 1 amide bonds. The highest BCUT2D eigenvalue weighted by atomic mass is 16.6. The molecule has 0 radical (unpaired) electrons. The zero-order valence-corrected chi connectivity index (χ0v) is 14.6. The van der Waals surface area contributed by atoms with Crippen molar-refractivity contribution in [3.05, 3.63) is 59.7 Å². The Kier molecular flexibility index (Phi) is 5.39. The smallest absolute Gasteiger partial charge is 0.407 e. The second-order valence-electron chi connectivity index (χ2n) is 6.69. The molecule has 2 aromatic rings. The lowest BCUT2D eigenvalue weighted by Crippen LogP contribution is -2.32. The summed E-state index contributed by atoms with van der Waals surface area (Å²) in [5, 5.41) is 2.73. The number of amides is 1. The van der Waals surface area contributed by atoms with Gasteiger partial charge in [-0.25, -0.2) is 4.79 Å². The molecular weight excluding hydrogens is 302 g/mol. The minimum Gasteiger partial charge on any atom is -0.444 e. The quantitative estimate of drug-likeness (QED) is 0.837. The normalized spacial score (nSPS) is 11.0. The largest absolute Gasteiger partial charge is 0.444 e. The summed E-state index contributed by atoms with van der Waals surface area (Å²) in [5.74, 6) is 0.0510. The second kappa shape index (κ2) is 7.30. The second-order valence-corrected chi connectivity index (χ2v) is 6.69. The molecule has 0 unspecified atom stereocenters. The van der Waals surface area contributed by atoms with E-state index in [0.717, 1.165) is 16.7 Å². The number of benzene rings is 2. The summed E-state index contributed by atoms with van der Waals surface area (Å²) in [7, 11) is 0. The van der Waals surface area contributed by atoms with Crippen molar-refractivity contribution in [2.75, 3.05) is 0 Å². The fourth-order valence-corrected chi connectivity index (χ4v) is 2.22. The SMILES string of the molecule is CC(=O)c1cccc(-c2ccc(CNC(=O)OC(C)(C)C)cc2)c1. The van der Waals surface area contributed by atoms with Crippen molar-refractivity contribution >= 4 is 11.9 Å². The standard InChI is InChI=1S/C20H23NO3/c1-14(22)17-6-5-7-18(12-17)16-10-8-15(9-11-16)13-21-19(23)24-20(2,3)4/h5-12H,13H2,1-4H3,(H,21,23). The number of nitrogens with one attached hydrogen (secondary N) is 1. The molecule has 0 saturated heterocycles. The maximum Gasteiger partial charge on any atom is 0.407 e. The lowest BCUT2D eigenvalue weighted by atomic mass is 10.0. The predicted octanol–water partition coefficient (Wildman–Crippen LogP) is 4.58. The van der Waals surface area contributed by atoms with Gasteiger partial charge in [0, 0.05) is 12.1 Å². The molecule has 0 heterocycles. The number of carbonyl (C=O) groups excluding carboxylic acids is 2. The molecule has 0 spiro atoms. The maximum atomic E-state index is 11.7. The van der Waals surface area contributed by atoms with Crippen LogP contribution in [0.15, 0.2) is 48.5 Å². The minimum absolute atomic E-state index is 0.0510. The minimum atomic E-state index is -0.504. The maximum absolute atomic E-state index is 11.7. The molecule has 126 valence electrons. The molecule has 0 aliphatic carbocycles. The van der Waals surface area contributed by atoms with Crippen molar-refractivity contribution in [2.45, 2.75) is 39.8 Å². The first-order valence-corrected chi connectivity index (χ1v) is 7.92. The van der Waals surface area contributed by atoms with Gasteiger partial charge in [-0.3, -0.25) is 4.79 Å². The van der Waals surface area contributed by atoms with Crippen LogP contribution in [0.1, 0.15) is 43.6 Å². The van der Waals surface area contributed by atoms with Gasteiger partial charge in [0.2, 0.25) is 0 Å². The number of hydrogen-bond acceptors (Lipinski definition) is 3. The Morgan fingerprint density at radius 2 is 1.67 bits per heavy atom. The van der Waals surface area contributed by atoms with Gasteiger partial charge in [0.1, 0.15) is 5.60 Å². The van der Waals surface area contributed by atoms with Crippen LogP contribution in [0.3, 0.4) is 0 Å². The van der Waals surface area contributed by atoms with Gasteiger partial charge >= 0.3 is 6.09 Å². The number of carbonyl (C=O) groups is 2. The van der Waals surface area contributed by atoms with Crippen LogP contribution in [-0.2, 0) is 11.3 Å². The van der Waals surface area contributed by atoms with Crippen molar-refractivity contribution in [3.63, 3.8) is 0 Å². The summed E-state index contributed by atoms with van der Waals surface area (Å²) < 4.78 is 5.21. The highest BCUT2D eigenvalue weighted by molar-refractivity contribution is 5.95. The highest BCUT2D eigenvalue weighted by Gasteiger charge is 2.15. The van der Waals surface area contributed by atoms with E-state index in [1.54, 1.807) is 6.92 Å². The molecular formula is C20H23NO3. The first kappa shape index (κ1) is 17.7. The van der Waals surface area contributed by atoms with E-state index in [0.29, 0.717) is 12.1 Å². The molecule has 0 aliphatic heterocycles. The van der Waals surface area contributed by atoms with Crippen molar-refractivity contribution in [3.8, 4) is 11.1 Å². The summed E-state index contributed by atoms with van der Waals surface area (Å²) in [6, 6.07) is 15.4. The van der Waals surface area contributed by atoms with Crippen LogP contribution >= 0.6 is 0 Å². The monoisotopic (exact) mass is 325 g/mol. The number of ketones is 1. The molecule has 0 atom stereocenters. The van der Waals surface area contributed by atoms with Gasteiger partial charge in [0.05, 0.1) is 0 Å². The lowest BCUT2D eigenvalue weighted by molar-refractivity contribution is 0.0523. The first-order valence-electron chi connectivity index (χ1n) is 7.92. The fraction of sp³-hybridized carbons (Fsp3) is 0.300. The van der Waals surface area contributed by atoms with Gasteiger partial charge in [0.25, 0.3) is 0 Å². The third-order valence-corrected chi connectivity index (χ3v) is 3.39. The Morgan fingerprint density at radius 1 is 1.00 bits per heavy atom. The number of hydrogen-bond donors (Lipinski definition) is 1. The van der Waals surface area contributed by atoms with E-state index >= 15 is 0 Å². The first-order chi connectivity index (χ1) is 11.2. The third-order valence-electron chi connectivity index (χ3n) is 3.39. The molecule has 1 N–H and O–H groups in total. The molecule has 4 heteroatoms. The molecule has 0 aliphatic rings. The fourth-order valence-electron chi connectivity index (χ4n) is 2.22. The van der Waals surface area contributed by atoms with Gasteiger partial charge in [-0.15, -0.1) is 0 Å². The van der Waals surface area contributed by atoms with Crippen molar-refractivity contribution < 1.29 is 14.3 Å². The Bertz CT molecular complexity index is 727. The van der Waals surface area contributed by atoms with Crippen LogP contribution in [-0.4, -0.2) is 17.5 Å². The summed E-state index contributed by atoms with van der Waals surface area (Å²) in [5.41, 5.74) is 3.19. The van der Waals surface area contributed by atoms with Crippen molar-refractivity contribution in [1.29, 1.82) is 0 Å². The van der Waals surface area contributed by atoms with E-state index < -0.39 is 11.7 Å². The molecule has 2 aromatic carbocycles. The van der Waals surface area contributed by atoms with Crippen molar-refractivity contribution in [2.24, 2.45) is 0 Å². The lowest BCUT2D eigenvalue weighted by Gasteiger charge is -2.19. The Labute approximate surface area is 142 Å². The molecule has 0 fully saturated rings. The molecule has 0 aromatic heterocycles. The van der Waals surface area contributed by atoms with E-state index in [-0.39, 0.29) is 5.78 Å². The van der Waals surface area contributed by atoms with Gasteiger partial charge < -0.3 is 10.1 Å². The third kappa shape index (κ3) is 5.23. The van der Waals surface area contributed by atoms with E-state index in [4.69, 9.17) is 4.74 Å². The van der Waals surface area contributed by atoms with Crippen LogP contribution < -0.4 is 5.32 Å². The molecule has 0 saturated carbocycles. The van der Waals surface area contributed by atoms with E-state index in [1.165, 1.54) is 0 Å². The van der Waals surface area contributed by atoms with Gasteiger partial charge in [-0.1, -0.05) is 42.5 Å². The highest BCUT2D eigenvalue weighted by Crippen LogP contribution is 2.21. The van der Waals surface area contributed by atoms with E-state index in [9.17, 15) is 9.59 Å². The summed E-state index contributed by atoms with van der Waals surface area (Å²) in [4.78, 5) is 23.1. The summed E-state index contributed by atoms with van der Waals surface area (Å²) in [6.45, 7) is 7.46. The van der Waals surface area contributed by atoms with Gasteiger partial charge in [-0.2, -0.15) is 0 Å². The van der Waals surface area contributed by atoms with E-state index in [2.05, 4.69) is 5.32 Å². The average Bonchev–Trinajstić information content (AvgIpc) is 2.52. The Morgan fingerprint density at radius 3 is 2.25 bits per heavy atom. The van der Waals surface area contributed by atoms with Crippen LogP contribution in [0.4, 0.5) is 4.79 Å². The van der Waals surface area contributed by atoms with Crippen LogP contribution in [0.25, 0.3) is 11.1 Å². The molecule has 2 rings (SSSR count). The predicted molar refractivity (Wildman–Crippen MR) is 95.0 cm³/mol. The number of alkyl carbamates (subject to hydrolysis) is 1. The van der Waals surface area contributed by atoms with Gasteiger partial charge in [-0.05, 0) is 50.5 Å². The van der Waals surface area contributed by atoms with Crippen LogP contribution in [0.5, 0.6) is 0 Å². The van der Waals surface area contributed by atoms with Crippen LogP contribution in [0.2, 0.25) is 0 Å². The average molecular weight is 325 g/mol. The Balaban J connectivity index is 2.02. The number of ether oxygens (including phenoxy) is 1. The van der Waals surface area contributed by atoms with E-state index in [1.807, 2.05) is 69.3 Å². The van der Waals surface area contributed by atoms with Crippen LogP contribution in [0, 0.1) is 0 Å². The van der Waals surface area contributed by atoms with Crippen molar-refractivity contribution in [1.82, 2.24) is 5.32 Å².